The maximum atomic E-state index is 3.68. The van der Waals surface area contributed by atoms with Crippen molar-refractivity contribution in [1.29, 1.82) is 0 Å². The van der Waals surface area contributed by atoms with Crippen molar-refractivity contribution in [2.24, 2.45) is 20.6 Å². The molecule has 4 heteroatoms. The van der Waals surface area contributed by atoms with Crippen molar-refractivity contribution in [2.75, 3.05) is 0 Å². The van der Waals surface area contributed by atoms with Crippen LogP contribution in [0, 0.1) is 0 Å². The van der Waals surface area contributed by atoms with E-state index in [2.05, 4.69) is 20.6 Å². The average molecular weight is 264 g/mol. The molecule has 0 aromatic carbocycles. The number of hydrogen-bond donors (Lipinski definition) is 0. The molecule has 0 N–H and O–H groups in total. The summed E-state index contributed by atoms with van der Waals surface area (Å²) in [6, 6.07) is 0. The molecule has 1 rings (SSSR count). The fourth-order valence-electron chi connectivity index (χ4n) is 1.05. The average Bonchev–Trinajstić information content (AvgIpc) is 2.46. The summed E-state index contributed by atoms with van der Waals surface area (Å²) >= 11 is 0. The molecule has 0 spiro atoms. The summed E-state index contributed by atoms with van der Waals surface area (Å²) in [4.78, 5) is 0. The van der Waals surface area contributed by atoms with E-state index in [-0.39, 0.29) is 0 Å². The first-order chi connectivity index (χ1) is 10.0. The molecule has 1 aliphatic heterocycles. The van der Waals surface area contributed by atoms with E-state index in [0.717, 1.165) is 0 Å². The first-order valence-electron chi connectivity index (χ1n) is 6.12. The molecule has 0 radical (unpaired) electrons. The molecular weight excluding hydrogens is 248 g/mol. The Hall–Kier alpha value is -2.88. The molecule has 20 heavy (non-hydrogen) atoms. The molecule has 0 saturated carbocycles. The second-order valence-corrected chi connectivity index (χ2v) is 3.40. The Labute approximate surface area is 119 Å². The molecule has 0 fully saturated rings. The lowest BCUT2D eigenvalue weighted by molar-refractivity contribution is 0.966. The Morgan fingerprint density at radius 3 is 0.850 bits per heavy atom. The largest absolute Gasteiger partial charge is 0.137 e. The summed E-state index contributed by atoms with van der Waals surface area (Å²) in [6.45, 7) is 0. The van der Waals surface area contributed by atoms with E-state index in [0.29, 0.717) is 0 Å². The van der Waals surface area contributed by atoms with E-state index >= 15 is 0 Å². The summed E-state index contributed by atoms with van der Waals surface area (Å²) in [6.07, 6.45) is 29.6. The third-order valence-corrected chi connectivity index (χ3v) is 1.89. The van der Waals surface area contributed by atoms with E-state index in [4.69, 9.17) is 0 Å². The summed E-state index contributed by atoms with van der Waals surface area (Å²) in [5, 5.41) is 14.4. The van der Waals surface area contributed by atoms with Crippen molar-refractivity contribution in [3.63, 3.8) is 0 Å². The molecule has 0 unspecified atom stereocenters. The molecule has 1 heterocycles. The van der Waals surface area contributed by atoms with Gasteiger partial charge in [-0.15, -0.1) is 10.2 Å². The Morgan fingerprint density at radius 2 is 0.550 bits per heavy atom. The lowest BCUT2D eigenvalue weighted by atomic mass is 10.3. The molecule has 0 atom stereocenters. The third-order valence-electron chi connectivity index (χ3n) is 1.89. The molecule has 1 aliphatic rings. The van der Waals surface area contributed by atoms with Gasteiger partial charge in [0.1, 0.15) is 0 Å². The molecular formula is C16H16N4. The second-order valence-electron chi connectivity index (χ2n) is 3.40. The van der Waals surface area contributed by atoms with Crippen LogP contribution < -0.4 is 0 Å². The van der Waals surface area contributed by atoms with Gasteiger partial charge < -0.3 is 0 Å². The Kier molecular flexibility index (Phi) is 9.54. The Morgan fingerprint density at radius 1 is 0.300 bits per heavy atom. The second kappa shape index (κ2) is 12.6. The van der Waals surface area contributed by atoms with Crippen LogP contribution in [0.15, 0.2) is 106 Å². The van der Waals surface area contributed by atoms with Crippen LogP contribution in [-0.4, -0.2) is 12.4 Å². The lowest BCUT2D eigenvalue weighted by Gasteiger charge is -1.76. The van der Waals surface area contributed by atoms with Gasteiger partial charge in [0, 0.05) is 0 Å². The van der Waals surface area contributed by atoms with Gasteiger partial charge in [0.25, 0.3) is 0 Å². The normalized spacial score (nSPS) is 32.0. The van der Waals surface area contributed by atoms with Gasteiger partial charge in [-0.25, -0.2) is 0 Å². The Bertz CT molecular complexity index is 333. The summed E-state index contributed by atoms with van der Waals surface area (Å²) in [7, 11) is 0. The van der Waals surface area contributed by atoms with E-state index in [1.165, 1.54) is 12.4 Å². The first kappa shape index (κ1) is 15.2. The zero-order chi connectivity index (χ0) is 14.1. The SMILES string of the molecule is C1=C\C=C\C=N/N=N/N=C\C=C\C=C\C=C\C=C/C=C/1. The highest BCUT2D eigenvalue weighted by Gasteiger charge is 1.67. The zero-order valence-electron chi connectivity index (χ0n) is 11.0. The number of allylic oxidation sites excluding steroid dienone is 14. The van der Waals surface area contributed by atoms with Crippen LogP contribution in [-0.2, 0) is 0 Å². The van der Waals surface area contributed by atoms with Crippen molar-refractivity contribution in [1.82, 2.24) is 0 Å². The summed E-state index contributed by atoms with van der Waals surface area (Å²) in [5.41, 5.74) is 0. The highest BCUT2D eigenvalue weighted by molar-refractivity contribution is 5.71. The van der Waals surface area contributed by atoms with Gasteiger partial charge in [-0.3, -0.25) is 0 Å². The fraction of sp³-hybridized carbons (Fsp3) is 0. The molecule has 0 bridgehead atoms. The highest BCUT2D eigenvalue weighted by Crippen LogP contribution is 1.86. The van der Waals surface area contributed by atoms with Crippen molar-refractivity contribution >= 4 is 12.4 Å². The Balaban J connectivity index is 2.67. The van der Waals surface area contributed by atoms with Gasteiger partial charge in [0.15, 0.2) is 0 Å². The van der Waals surface area contributed by atoms with Crippen molar-refractivity contribution < 1.29 is 0 Å². The van der Waals surface area contributed by atoms with Crippen LogP contribution in [0.4, 0.5) is 0 Å². The quantitative estimate of drug-likeness (QED) is 0.625. The maximum Gasteiger partial charge on any atom is 0.0514 e. The molecule has 0 aromatic rings. The minimum absolute atomic E-state index is 1.54. The zero-order valence-corrected chi connectivity index (χ0v) is 11.0. The fourth-order valence-corrected chi connectivity index (χ4v) is 1.05. The standard InChI is InChI=1S/C16H16N4/c1-2-4-6-8-10-12-14-16-18-20-19-17-15-13-11-9-7-5-3-1/h1-16H/b2-1-,3-1?,4-2?,5-3+,6-4+,7-5?,8-6?,9-7-,10-8+,11-9?,12-10?,13-11+,14-12+,15-13?,16-14?,17-15-,18-16-,19-17?,20-18?,20-19+. The maximum absolute atomic E-state index is 3.68. The van der Waals surface area contributed by atoms with Crippen LogP contribution in [0.2, 0.25) is 0 Å². The first-order valence-corrected chi connectivity index (χ1v) is 6.12. The minimum Gasteiger partial charge on any atom is -0.137 e. The van der Waals surface area contributed by atoms with E-state index < -0.39 is 0 Å². The van der Waals surface area contributed by atoms with Crippen molar-refractivity contribution in [3.05, 3.63) is 85.1 Å². The van der Waals surface area contributed by atoms with Crippen LogP contribution in [0.3, 0.4) is 0 Å². The molecule has 100 valence electrons. The van der Waals surface area contributed by atoms with Gasteiger partial charge in [0.05, 0.1) is 12.4 Å². The third kappa shape index (κ3) is 10.3. The number of hydrogen-bond acceptors (Lipinski definition) is 4. The van der Waals surface area contributed by atoms with E-state index in [1.807, 2.05) is 72.9 Å². The summed E-state index contributed by atoms with van der Waals surface area (Å²) < 4.78 is 0. The van der Waals surface area contributed by atoms with Crippen LogP contribution in [0.1, 0.15) is 0 Å². The molecule has 4 nitrogen and oxygen atoms in total. The molecule has 0 amide bonds. The molecule has 0 saturated heterocycles. The van der Waals surface area contributed by atoms with Crippen molar-refractivity contribution in [3.8, 4) is 0 Å². The summed E-state index contributed by atoms with van der Waals surface area (Å²) in [5.74, 6) is 0. The monoisotopic (exact) mass is 264 g/mol. The van der Waals surface area contributed by atoms with Gasteiger partial charge in [0.2, 0.25) is 0 Å². The highest BCUT2D eigenvalue weighted by atomic mass is 15.5. The van der Waals surface area contributed by atoms with Gasteiger partial charge in [-0.1, -0.05) is 72.9 Å². The van der Waals surface area contributed by atoms with Crippen molar-refractivity contribution in [2.45, 2.75) is 0 Å². The lowest BCUT2D eigenvalue weighted by Crippen LogP contribution is -1.62. The molecule has 0 aliphatic carbocycles. The van der Waals surface area contributed by atoms with Gasteiger partial charge in [-0.05, 0) is 22.6 Å². The van der Waals surface area contributed by atoms with E-state index in [1.54, 1.807) is 12.2 Å². The van der Waals surface area contributed by atoms with Crippen LogP contribution in [0.25, 0.3) is 0 Å². The van der Waals surface area contributed by atoms with Crippen LogP contribution >= 0.6 is 0 Å². The van der Waals surface area contributed by atoms with E-state index in [9.17, 15) is 0 Å². The smallest absolute Gasteiger partial charge is 0.0514 e. The van der Waals surface area contributed by atoms with Crippen LogP contribution in [0.5, 0.6) is 0 Å². The minimum atomic E-state index is 1.54. The van der Waals surface area contributed by atoms with Gasteiger partial charge >= 0.3 is 0 Å². The predicted octanol–water partition coefficient (Wildman–Crippen LogP) is 4.32. The number of nitrogens with zero attached hydrogens (tertiary/aromatic N) is 4. The predicted molar refractivity (Wildman–Crippen MR) is 85.8 cm³/mol. The number of rotatable bonds is 0. The van der Waals surface area contributed by atoms with Gasteiger partial charge in [-0.2, -0.15) is 0 Å². The topological polar surface area (TPSA) is 49.4 Å². The molecule has 0 aromatic heterocycles.